The van der Waals surface area contributed by atoms with Crippen molar-refractivity contribution in [3.8, 4) is 0 Å². The molecule has 0 radical (unpaired) electrons. The number of piperidine rings is 1. The van der Waals surface area contributed by atoms with E-state index < -0.39 is 15.9 Å². The van der Waals surface area contributed by atoms with Gasteiger partial charge < -0.3 is 10.2 Å². The molecule has 1 heterocycles. The normalized spacial score (nSPS) is 18.1. The van der Waals surface area contributed by atoms with Crippen molar-refractivity contribution in [2.45, 2.75) is 31.6 Å². The number of benzene rings is 1. The summed E-state index contributed by atoms with van der Waals surface area (Å²) in [6.45, 7) is 5.41. The zero-order valence-electron chi connectivity index (χ0n) is 15.7. The first-order valence-electron chi connectivity index (χ1n) is 9.10. The second-order valence-electron chi connectivity index (χ2n) is 6.44. The molecule has 0 aromatic heterocycles. The van der Waals surface area contributed by atoms with E-state index in [9.17, 15) is 18.0 Å². The van der Waals surface area contributed by atoms with Crippen molar-refractivity contribution in [1.82, 2.24) is 14.5 Å². The largest absolute Gasteiger partial charge is 0.347 e. The van der Waals surface area contributed by atoms with Crippen LogP contribution in [0.25, 0.3) is 0 Å². The van der Waals surface area contributed by atoms with Gasteiger partial charge in [0, 0.05) is 30.7 Å². The summed E-state index contributed by atoms with van der Waals surface area (Å²) in [5, 5.41) is 2.66. The minimum absolute atomic E-state index is 0.0591. The first-order valence-corrected chi connectivity index (χ1v) is 11.3. The number of carbonyl (C=O) groups is 2. The van der Waals surface area contributed by atoms with Crippen LogP contribution < -0.4 is 5.32 Å². The van der Waals surface area contributed by atoms with Gasteiger partial charge in [-0.3, -0.25) is 9.59 Å². The molecule has 1 fully saturated rings. The summed E-state index contributed by atoms with van der Waals surface area (Å²) in [5.74, 6) is -0.858. The van der Waals surface area contributed by atoms with E-state index in [0.29, 0.717) is 32.5 Å². The summed E-state index contributed by atoms with van der Waals surface area (Å²) in [4.78, 5) is 26.3. The fraction of sp³-hybridized carbons (Fsp3) is 0.556. The number of nitrogens with zero attached hydrogens (tertiary/aromatic N) is 2. The van der Waals surface area contributed by atoms with Crippen LogP contribution >= 0.6 is 15.9 Å². The Hall–Kier alpha value is -1.45. The van der Waals surface area contributed by atoms with Gasteiger partial charge in [0.1, 0.15) is 0 Å². The molecule has 150 valence electrons. The van der Waals surface area contributed by atoms with Crippen molar-refractivity contribution in [2.75, 3.05) is 32.7 Å². The second kappa shape index (κ2) is 9.66. The summed E-state index contributed by atoms with van der Waals surface area (Å²) in [7, 11) is -3.64. The summed E-state index contributed by atoms with van der Waals surface area (Å²) >= 11 is 3.29. The van der Waals surface area contributed by atoms with Gasteiger partial charge in [-0.05, 0) is 51.0 Å². The molecule has 1 N–H and O–H groups in total. The maximum absolute atomic E-state index is 12.8. The fourth-order valence-corrected chi connectivity index (χ4v) is 4.91. The first kappa shape index (κ1) is 21.8. The number of sulfonamides is 1. The molecule has 1 unspecified atom stereocenters. The van der Waals surface area contributed by atoms with Crippen LogP contribution in [-0.2, 0) is 19.6 Å². The van der Waals surface area contributed by atoms with Gasteiger partial charge in [0.2, 0.25) is 21.8 Å². The number of rotatable bonds is 7. The Kier molecular flexibility index (Phi) is 7.81. The number of halogens is 1. The van der Waals surface area contributed by atoms with E-state index in [4.69, 9.17) is 0 Å². The summed E-state index contributed by atoms with van der Waals surface area (Å²) in [6, 6.07) is 6.46. The molecule has 0 aliphatic carbocycles. The molecule has 2 rings (SSSR count). The fourth-order valence-electron chi connectivity index (χ4n) is 3.13. The molecule has 2 amide bonds. The van der Waals surface area contributed by atoms with Crippen molar-refractivity contribution < 1.29 is 18.0 Å². The van der Waals surface area contributed by atoms with Crippen molar-refractivity contribution in [3.63, 3.8) is 0 Å². The molecular formula is C18H26BrN3O4S. The maximum Gasteiger partial charge on any atom is 0.243 e. The number of carbonyl (C=O) groups excluding carboxylic acids is 2. The Morgan fingerprint density at radius 1 is 1.22 bits per heavy atom. The summed E-state index contributed by atoms with van der Waals surface area (Å²) < 4.78 is 27.8. The third-order valence-corrected chi connectivity index (χ3v) is 7.14. The number of likely N-dealkylation sites (N-methyl/N-ethyl adjacent to an activating group) is 1. The average molecular weight is 460 g/mol. The zero-order valence-corrected chi connectivity index (χ0v) is 18.1. The zero-order chi connectivity index (χ0) is 20.0. The Balaban J connectivity index is 1.99. The number of nitrogens with one attached hydrogen (secondary N) is 1. The van der Waals surface area contributed by atoms with E-state index in [1.165, 1.54) is 4.31 Å². The third kappa shape index (κ3) is 5.52. The van der Waals surface area contributed by atoms with Crippen molar-refractivity contribution >= 4 is 37.8 Å². The highest BCUT2D eigenvalue weighted by Gasteiger charge is 2.33. The van der Waals surface area contributed by atoms with Crippen LogP contribution in [0.1, 0.15) is 26.7 Å². The van der Waals surface area contributed by atoms with Gasteiger partial charge in [0.05, 0.1) is 17.4 Å². The topological polar surface area (TPSA) is 86.8 Å². The van der Waals surface area contributed by atoms with E-state index in [1.807, 2.05) is 13.8 Å². The van der Waals surface area contributed by atoms with Gasteiger partial charge in [-0.15, -0.1) is 0 Å². The molecule has 1 saturated heterocycles. The lowest BCUT2D eigenvalue weighted by atomic mass is 9.99. The van der Waals surface area contributed by atoms with Gasteiger partial charge in [-0.1, -0.05) is 15.9 Å². The molecule has 1 aliphatic heterocycles. The van der Waals surface area contributed by atoms with E-state index in [0.717, 1.165) is 4.47 Å². The Morgan fingerprint density at radius 2 is 1.85 bits per heavy atom. The number of hydrogen-bond donors (Lipinski definition) is 1. The van der Waals surface area contributed by atoms with Gasteiger partial charge in [0.25, 0.3) is 0 Å². The van der Waals surface area contributed by atoms with Gasteiger partial charge in [-0.2, -0.15) is 4.31 Å². The van der Waals surface area contributed by atoms with E-state index in [2.05, 4.69) is 21.2 Å². The maximum atomic E-state index is 12.8. The molecule has 27 heavy (non-hydrogen) atoms. The van der Waals surface area contributed by atoms with Crippen LogP contribution in [0.15, 0.2) is 33.6 Å². The standard InChI is InChI=1S/C18H26BrN3O4S/c1-3-21(4-2)17(23)12-20-18(24)14-6-5-11-22(13-14)27(25,26)16-9-7-15(19)8-10-16/h7-10,14H,3-6,11-13H2,1-2H3,(H,20,24). The van der Waals surface area contributed by atoms with E-state index in [1.54, 1.807) is 29.2 Å². The summed E-state index contributed by atoms with van der Waals surface area (Å²) in [6.07, 6.45) is 1.22. The van der Waals surface area contributed by atoms with E-state index >= 15 is 0 Å². The van der Waals surface area contributed by atoms with Gasteiger partial charge in [0.15, 0.2) is 0 Å². The molecule has 0 spiro atoms. The molecule has 0 bridgehead atoms. The highest BCUT2D eigenvalue weighted by atomic mass is 79.9. The smallest absolute Gasteiger partial charge is 0.243 e. The average Bonchev–Trinajstić information content (AvgIpc) is 2.67. The number of hydrogen-bond acceptors (Lipinski definition) is 4. The molecule has 1 aliphatic rings. The molecule has 9 heteroatoms. The molecule has 0 saturated carbocycles. The molecular weight excluding hydrogens is 434 g/mol. The van der Waals surface area contributed by atoms with Crippen LogP contribution in [0.2, 0.25) is 0 Å². The van der Waals surface area contributed by atoms with Crippen LogP contribution in [0.5, 0.6) is 0 Å². The minimum Gasteiger partial charge on any atom is -0.347 e. The Bertz CT molecular complexity index is 763. The molecule has 1 aromatic carbocycles. The summed E-state index contributed by atoms with van der Waals surface area (Å²) in [5.41, 5.74) is 0. The predicted molar refractivity (Wildman–Crippen MR) is 107 cm³/mol. The SMILES string of the molecule is CCN(CC)C(=O)CNC(=O)C1CCCN(S(=O)(=O)c2ccc(Br)cc2)C1. The monoisotopic (exact) mass is 459 g/mol. The molecule has 1 aromatic rings. The van der Waals surface area contributed by atoms with Crippen molar-refractivity contribution in [3.05, 3.63) is 28.7 Å². The van der Waals surface area contributed by atoms with Crippen LogP contribution in [0.4, 0.5) is 0 Å². The Labute approximate surface area is 169 Å². The highest BCUT2D eigenvalue weighted by Crippen LogP contribution is 2.24. The van der Waals surface area contributed by atoms with Gasteiger partial charge >= 0.3 is 0 Å². The van der Waals surface area contributed by atoms with Crippen LogP contribution in [-0.4, -0.2) is 62.2 Å². The third-order valence-electron chi connectivity index (χ3n) is 4.74. The predicted octanol–water partition coefficient (Wildman–Crippen LogP) is 1.83. The van der Waals surface area contributed by atoms with Crippen molar-refractivity contribution in [1.29, 1.82) is 0 Å². The van der Waals surface area contributed by atoms with Crippen LogP contribution in [0, 0.1) is 5.92 Å². The minimum atomic E-state index is -3.64. The second-order valence-corrected chi connectivity index (χ2v) is 9.29. The first-order chi connectivity index (χ1) is 12.8. The van der Waals surface area contributed by atoms with E-state index in [-0.39, 0.29) is 29.8 Å². The van der Waals surface area contributed by atoms with Crippen LogP contribution in [0.3, 0.4) is 0 Å². The number of amides is 2. The highest BCUT2D eigenvalue weighted by molar-refractivity contribution is 9.10. The molecule has 7 nitrogen and oxygen atoms in total. The lowest BCUT2D eigenvalue weighted by Crippen LogP contribution is -2.47. The lowest BCUT2D eigenvalue weighted by Gasteiger charge is -2.31. The Morgan fingerprint density at radius 3 is 2.44 bits per heavy atom. The van der Waals surface area contributed by atoms with Crippen molar-refractivity contribution in [2.24, 2.45) is 5.92 Å². The lowest BCUT2D eigenvalue weighted by molar-refractivity contribution is -0.134. The molecule has 1 atom stereocenters. The van der Waals surface area contributed by atoms with Gasteiger partial charge in [-0.25, -0.2) is 8.42 Å². The quantitative estimate of drug-likeness (QED) is 0.673.